The zero-order chi connectivity index (χ0) is 66.1. The molecular weight excluding hydrogens is 1170 g/mol. The molecule has 3 unspecified atom stereocenters. The van der Waals surface area contributed by atoms with E-state index in [1.807, 2.05) is 0 Å². The highest BCUT2D eigenvalue weighted by Gasteiger charge is 2.30. The minimum absolute atomic E-state index is 0.101. The number of aliphatic hydroxyl groups excluding tert-OH is 1. The Morgan fingerprint density at radius 3 is 0.697 bits per heavy atom. The Bertz CT molecular complexity index is 1760. The van der Waals surface area contributed by atoms with Gasteiger partial charge < -0.3 is 33.8 Å². The van der Waals surface area contributed by atoms with Crippen molar-refractivity contribution in [2.24, 2.45) is 23.7 Å². The molecule has 0 heterocycles. The topological polar surface area (TPSA) is 237 Å². The number of ether oxygens (including phenoxy) is 4. The van der Waals surface area contributed by atoms with Crippen LogP contribution in [0.2, 0.25) is 0 Å². The van der Waals surface area contributed by atoms with Crippen LogP contribution in [0.15, 0.2) is 0 Å². The fourth-order valence-electron chi connectivity index (χ4n) is 10.5. The van der Waals surface area contributed by atoms with Crippen LogP contribution in [0.5, 0.6) is 0 Å². The van der Waals surface area contributed by atoms with Gasteiger partial charge in [-0.3, -0.25) is 37.3 Å². The second-order valence-electron chi connectivity index (χ2n) is 27.2. The molecule has 5 atom stereocenters. The third kappa shape index (κ3) is 64.6. The van der Waals surface area contributed by atoms with Crippen molar-refractivity contribution in [3.05, 3.63) is 0 Å². The van der Waals surface area contributed by atoms with Crippen LogP contribution in [0.3, 0.4) is 0 Å². The molecule has 3 N–H and O–H groups in total. The number of esters is 4. The first-order valence-electron chi connectivity index (χ1n) is 36.2. The fraction of sp³-hybridized carbons (Fsp3) is 0.943. The second kappa shape index (κ2) is 59.8. The maximum atomic E-state index is 13.0. The number of carbonyl (C=O) groups is 4. The summed E-state index contributed by atoms with van der Waals surface area (Å²) in [6.07, 6.45) is 41.9. The Kier molecular flexibility index (Phi) is 58.5. The third-order valence-corrected chi connectivity index (χ3v) is 18.0. The second-order valence-corrected chi connectivity index (χ2v) is 30.1. The molecule has 0 spiro atoms. The van der Waals surface area contributed by atoms with Crippen LogP contribution in [0.25, 0.3) is 0 Å². The molecule has 0 bridgehead atoms. The first-order valence-corrected chi connectivity index (χ1v) is 39.2. The molecule has 0 rings (SSSR count). The highest BCUT2D eigenvalue weighted by Crippen LogP contribution is 2.45. The van der Waals surface area contributed by atoms with Crippen LogP contribution in [-0.4, -0.2) is 96.7 Å². The van der Waals surface area contributed by atoms with Gasteiger partial charge in [-0.15, -0.1) is 0 Å². The molecule has 0 amide bonds. The summed E-state index contributed by atoms with van der Waals surface area (Å²) in [6, 6.07) is 0. The molecule has 89 heavy (non-hydrogen) atoms. The minimum atomic E-state index is -4.95. The molecule has 0 aromatic carbocycles. The van der Waals surface area contributed by atoms with E-state index >= 15 is 0 Å². The van der Waals surface area contributed by atoms with Gasteiger partial charge in [0.1, 0.15) is 19.3 Å². The molecule has 0 saturated heterocycles. The molecule has 19 heteroatoms. The fourth-order valence-corrected chi connectivity index (χ4v) is 12.1. The van der Waals surface area contributed by atoms with Crippen molar-refractivity contribution in [3.63, 3.8) is 0 Å². The summed E-state index contributed by atoms with van der Waals surface area (Å²) in [7, 11) is -9.90. The van der Waals surface area contributed by atoms with Crippen LogP contribution in [0.1, 0.15) is 344 Å². The summed E-state index contributed by atoms with van der Waals surface area (Å²) in [4.78, 5) is 72.5. The van der Waals surface area contributed by atoms with Crippen molar-refractivity contribution >= 4 is 39.5 Å². The maximum Gasteiger partial charge on any atom is 0.472 e. The molecule has 0 aliphatic heterocycles. The Hall–Kier alpha value is -1.94. The predicted octanol–water partition coefficient (Wildman–Crippen LogP) is 19.7. The number of rotatable bonds is 67. The average Bonchev–Trinajstić information content (AvgIpc) is 3.53. The van der Waals surface area contributed by atoms with Crippen molar-refractivity contribution in [3.8, 4) is 0 Å². The van der Waals surface area contributed by atoms with Crippen LogP contribution in [-0.2, 0) is 65.4 Å². The van der Waals surface area contributed by atoms with Gasteiger partial charge in [-0.05, 0) is 49.4 Å². The van der Waals surface area contributed by atoms with E-state index < -0.39 is 97.5 Å². The van der Waals surface area contributed by atoms with Crippen molar-refractivity contribution in [1.29, 1.82) is 0 Å². The Labute approximate surface area is 543 Å². The van der Waals surface area contributed by atoms with E-state index in [1.54, 1.807) is 0 Å². The van der Waals surface area contributed by atoms with Gasteiger partial charge in [0, 0.05) is 25.7 Å². The summed E-state index contributed by atoms with van der Waals surface area (Å²) >= 11 is 0. The summed E-state index contributed by atoms with van der Waals surface area (Å²) in [5.74, 6) is 0.798. The number of unbranched alkanes of at least 4 members (excludes halogenated alkanes) is 33. The predicted molar refractivity (Wildman–Crippen MR) is 358 cm³/mol. The normalized spacial score (nSPS) is 14.3. The van der Waals surface area contributed by atoms with Crippen LogP contribution >= 0.6 is 15.6 Å². The van der Waals surface area contributed by atoms with Gasteiger partial charge in [-0.25, -0.2) is 9.13 Å². The van der Waals surface area contributed by atoms with Crippen LogP contribution < -0.4 is 0 Å². The van der Waals surface area contributed by atoms with E-state index in [2.05, 4.69) is 55.4 Å². The zero-order valence-corrected chi connectivity index (χ0v) is 59.8. The molecule has 17 nitrogen and oxygen atoms in total. The molecule has 0 aromatic heterocycles. The molecule has 0 radical (unpaired) electrons. The number of carbonyl (C=O) groups excluding carboxylic acids is 4. The quantitative estimate of drug-likeness (QED) is 0.0222. The van der Waals surface area contributed by atoms with Gasteiger partial charge in [0.25, 0.3) is 0 Å². The lowest BCUT2D eigenvalue weighted by Gasteiger charge is -2.21. The maximum absolute atomic E-state index is 13.0. The van der Waals surface area contributed by atoms with Crippen molar-refractivity contribution in [2.75, 3.05) is 39.6 Å². The van der Waals surface area contributed by atoms with Gasteiger partial charge in [-0.1, -0.05) is 293 Å². The first-order chi connectivity index (χ1) is 42.6. The average molecular weight is 1310 g/mol. The lowest BCUT2D eigenvalue weighted by atomic mass is 10.0. The van der Waals surface area contributed by atoms with Crippen LogP contribution in [0, 0.1) is 23.7 Å². The molecule has 0 aliphatic carbocycles. The monoisotopic (exact) mass is 1310 g/mol. The van der Waals surface area contributed by atoms with Gasteiger partial charge in [0.05, 0.1) is 26.4 Å². The summed E-state index contributed by atoms with van der Waals surface area (Å²) in [6.45, 7) is 14.0. The number of hydrogen-bond acceptors (Lipinski definition) is 15. The SMILES string of the molecule is CC(C)CCCCCCCCCCCCCCCC(=O)O[C@H](COC(=O)CCCCCCCCCCCCCC(C)C)COP(=O)(O)OCC(O)COP(=O)(O)OC[C@@H](COC(=O)CCCCCCCCCC(C)C)OC(=O)CCCCCCCCC(C)C. The lowest BCUT2D eigenvalue weighted by molar-refractivity contribution is -0.161. The Morgan fingerprint density at radius 1 is 0.281 bits per heavy atom. The van der Waals surface area contributed by atoms with E-state index in [9.17, 15) is 43.2 Å². The molecule has 0 fully saturated rings. The smallest absolute Gasteiger partial charge is 0.462 e. The van der Waals surface area contributed by atoms with Crippen molar-refractivity contribution in [1.82, 2.24) is 0 Å². The van der Waals surface area contributed by atoms with Gasteiger partial charge in [0.15, 0.2) is 12.2 Å². The van der Waals surface area contributed by atoms with E-state index in [1.165, 1.54) is 141 Å². The summed E-state index contributed by atoms with van der Waals surface area (Å²) < 4.78 is 68.2. The van der Waals surface area contributed by atoms with Crippen LogP contribution in [0.4, 0.5) is 0 Å². The molecular formula is C70H136O17P2. The van der Waals surface area contributed by atoms with E-state index in [0.29, 0.717) is 37.5 Å². The Morgan fingerprint density at radius 2 is 0.472 bits per heavy atom. The summed E-state index contributed by atoms with van der Waals surface area (Å²) in [5, 5.41) is 10.6. The van der Waals surface area contributed by atoms with Gasteiger partial charge in [0.2, 0.25) is 0 Å². The molecule has 528 valence electrons. The number of phosphoric ester groups is 2. The standard InChI is InChI=1S/C70H136O17P2/c1-60(2)46-38-30-22-17-13-10-9-11-15-20-26-36-44-52-69(74)86-65(56-80-67(72)50-42-34-25-19-16-12-14-18-23-31-39-47-61(3)4)58-84-88(76,77)82-54-64(71)55-83-89(78,79)85-59-66(87-70(75)53-45-37-29-28-33-41-49-63(7)8)57-81-68(73)51-43-35-27-21-24-32-40-48-62(5)6/h60-66,71H,9-59H2,1-8H3,(H,76,77)(H,78,79)/t64?,65-,66-/m1/s1. The van der Waals surface area contributed by atoms with E-state index in [4.69, 9.17) is 37.0 Å². The van der Waals surface area contributed by atoms with Crippen molar-refractivity contribution in [2.45, 2.75) is 363 Å². The highest BCUT2D eigenvalue weighted by atomic mass is 31.2. The number of phosphoric acid groups is 2. The first kappa shape index (κ1) is 87.1. The van der Waals surface area contributed by atoms with Crippen molar-refractivity contribution < 1.29 is 80.2 Å². The van der Waals surface area contributed by atoms with Gasteiger partial charge in [-0.2, -0.15) is 0 Å². The van der Waals surface area contributed by atoms with Gasteiger partial charge >= 0.3 is 39.5 Å². The van der Waals surface area contributed by atoms with E-state index in [-0.39, 0.29) is 25.7 Å². The molecule has 0 saturated carbocycles. The Balaban J connectivity index is 5.23. The molecule has 0 aromatic rings. The number of aliphatic hydroxyl groups is 1. The zero-order valence-electron chi connectivity index (χ0n) is 58.1. The minimum Gasteiger partial charge on any atom is -0.462 e. The lowest BCUT2D eigenvalue weighted by Crippen LogP contribution is -2.30. The molecule has 0 aliphatic rings. The number of hydrogen-bond donors (Lipinski definition) is 3. The largest absolute Gasteiger partial charge is 0.472 e. The summed E-state index contributed by atoms with van der Waals surface area (Å²) in [5.41, 5.74) is 0. The third-order valence-electron chi connectivity index (χ3n) is 16.1. The van der Waals surface area contributed by atoms with E-state index in [0.717, 1.165) is 108 Å². The highest BCUT2D eigenvalue weighted by molar-refractivity contribution is 7.47.